The first kappa shape index (κ1) is 19.5. The monoisotopic (exact) mass is 423 g/mol. The summed E-state index contributed by atoms with van der Waals surface area (Å²) in [6.07, 6.45) is 1.53. The number of carbonyl (C=O) groups is 2. The van der Waals surface area contributed by atoms with Crippen molar-refractivity contribution in [2.75, 3.05) is 10.6 Å². The van der Waals surface area contributed by atoms with E-state index in [1.165, 1.54) is 17.6 Å². The van der Waals surface area contributed by atoms with E-state index in [9.17, 15) is 9.59 Å². The number of carbonyl (C=O) groups excluding carboxylic acids is 2. The number of anilines is 2. The van der Waals surface area contributed by atoms with Gasteiger partial charge in [0, 0.05) is 11.1 Å². The number of aryl methyl sites for hydroxylation is 2. The lowest BCUT2D eigenvalue weighted by Gasteiger charge is -2.07. The Hall–Kier alpha value is -3.86. The maximum absolute atomic E-state index is 12.4. The molecule has 0 saturated heterocycles. The maximum atomic E-state index is 12.4. The highest BCUT2D eigenvalue weighted by Gasteiger charge is 2.15. The lowest BCUT2D eigenvalue weighted by molar-refractivity contribution is -0.115. The standard InChI is InChI=1S/C19H17N7O3S/c1-11-16(6-7-29-11)18(28)22-19-21-14(10-30-19)9-17(27)20-13-4-3-5-15(8-13)26-12(2)23-24-25-26/h3-8,10H,9H2,1-2H3,(H,20,27)(H,21,22,28). The summed E-state index contributed by atoms with van der Waals surface area (Å²) in [5.41, 5.74) is 2.36. The lowest BCUT2D eigenvalue weighted by atomic mass is 10.2. The Labute approximate surface area is 174 Å². The fraction of sp³-hybridized carbons (Fsp3) is 0.158. The van der Waals surface area contributed by atoms with Gasteiger partial charge in [-0.2, -0.15) is 4.68 Å². The van der Waals surface area contributed by atoms with Gasteiger partial charge < -0.3 is 9.73 Å². The molecular formula is C19H17N7O3S. The molecule has 1 aromatic carbocycles. The smallest absolute Gasteiger partial charge is 0.260 e. The first-order valence-electron chi connectivity index (χ1n) is 8.95. The molecule has 0 aliphatic rings. The fourth-order valence-electron chi connectivity index (χ4n) is 2.79. The van der Waals surface area contributed by atoms with Crippen LogP contribution in [0.2, 0.25) is 0 Å². The Kier molecular flexibility index (Phi) is 5.35. The number of hydrogen-bond donors (Lipinski definition) is 2. The number of hydrogen-bond acceptors (Lipinski definition) is 8. The van der Waals surface area contributed by atoms with Gasteiger partial charge in [-0.15, -0.1) is 16.4 Å². The van der Waals surface area contributed by atoms with Gasteiger partial charge in [0.1, 0.15) is 5.76 Å². The van der Waals surface area contributed by atoms with Gasteiger partial charge in [0.15, 0.2) is 11.0 Å². The predicted molar refractivity (Wildman–Crippen MR) is 110 cm³/mol. The number of tetrazole rings is 1. The molecule has 2 amide bonds. The van der Waals surface area contributed by atoms with Crippen LogP contribution in [0, 0.1) is 13.8 Å². The normalized spacial score (nSPS) is 10.7. The van der Waals surface area contributed by atoms with Gasteiger partial charge in [0.05, 0.1) is 29.6 Å². The molecule has 0 aliphatic heterocycles. The van der Waals surface area contributed by atoms with Crippen molar-refractivity contribution >= 4 is 34.0 Å². The highest BCUT2D eigenvalue weighted by atomic mass is 32.1. The highest BCUT2D eigenvalue weighted by Crippen LogP contribution is 2.19. The van der Waals surface area contributed by atoms with Crippen molar-refractivity contribution in [3.63, 3.8) is 0 Å². The van der Waals surface area contributed by atoms with E-state index in [1.54, 1.807) is 48.2 Å². The van der Waals surface area contributed by atoms with Gasteiger partial charge in [-0.3, -0.25) is 14.9 Å². The third-order valence-corrected chi connectivity index (χ3v) is 5.02. The van der Waals surface area contributed by atoms with E-state index in [0.29, 0.717) is 33.7 Å². The molecule has 4 aromatic rings. The number of rotatable bonds is 6. The van der Waals surface area contributed by atoms with Gasteiger partial charge in [-0.05, 0) is 48.5 Å². The van der Waals surface area contributed by atoms with E-state index in [4.69, 9.17) is 4.42 Å². The average Bonchev–Trinajstić information content (AvgIpc) is 3.44. The topological polar surface area (TPSA) is 128 Å². The van der Waals surface area contributed by atoms with E-state index in [0.717, 1.165) is 5.69 Å². The van der Waals surface area contributed by atoms with E-state index in [1.807, 2.05) is 6.07 Å². The van der Waals surface area contributed by atoms with Gasteiger partial charge in [0.25, 0.3) is 5.91 Å². The second kappa shape index (κ2) is 8.25. The molecule has 0 fully saturated rings. The average molecular weight is 423 g/mol. The summed E-state index contributed by atoms with van der Waals surface area (Å²) >= 11 is 1.25. The molecule has 0 saturated carbocycles. The number of amides is 2. The Bertz CT molecular complexity index is 1210. The summed E-state index contributed by atoms with van der Waals surface area (Å²) in [4.78, 5) is 28.9. The molecule has 11 heteroatoms. The van der Waals surface area contributed by atoms with E-state index >= 15 is 0 Å². The van der Waals surface area contributed by atoms with Crippen LogP contribution in [0.1, 0.15) is 27.6 Å². The lowest BCUT2D eigenvalue weighted by Crippen LogP contribution is -2.15. The molecule has 152 valence electrons. The molecule has 0 bridgehead atoms. The van der Waals surface area contributed by atoms with Crippen molar-refractivity contribution in [3.05, 3.63) is 64.8 Å². The van der Waals surface area contributed by atoms with Crippen LogP contribution in [0.25, 0.3) is 5.69 Å². The molecular weight excluding hydrogens is 406 g/mol. The second-order valence-corrected chi connectivity index (χ2v) is 7.26. The van der Waals surface area contributed by atoms with Crippen LogP contribution in [0.5, 0.6) is 0 Å². The molecule has 30 heavy (non-hydrogen) atoms. The maximum Gasteiger partial charge on any atom is 0.260 e. The van der Waals surface area contributed by atoms with Crippen LogP contribution in [0.4, 0.5) is 10.8 Å². The Morgan fingerprint density at radius 2 is 2.07 bits per heavy atom. The Morgan fingerprint density at radius 3 is 2.80 bits per heavy atom. The van der Waals surface area contributed by atoms with Crippen molar-refractivity contribution in [1.29, 1.82) is 0 Å². The predicted octanol–water partition coefficient (Wildman–Crippen LogP) is 2.76. The first-order valence-corrected chi connectivity index (χ1v) is 9.82. The molecule has 4 rings (SSSR count). The molecule has 0 unspecified atom stereocenters. The van der Waals surface area contributed by atoms with Crippen molar-refractivity contribution in [1.82, 2.24) is 25.2 Å². The van der Waals surface area contributed by atoms with Crippen molar-refractivity contribution in [3.8, 4) is 5.69 Å². The van der Waals surface area contributed by atoms with E-state index in [2.05, 4.69) is 31.1 Å². The van der Waals surface area contributed by atoms with E-state index in [-0.39, 0.29) is 18.2 Å². The number of benzene rings is 1. The van der Waals surface area contributed by atoms with Crippen molar-refractivity contribution in [2.24, 2.45) is 0 Å². The second-order valence-electron chi connectivity index (χ2n) is 6.40. The zero-order chi connectivity index (χ0) is 21.1. The number of furan rings is 1. The number of aromatic nitrogens is 5. The molecule has 0 spiro atoms. The minimum atomic E-state index is -0.304. The summed E-state index contributed by atoms with van der Waals surface area (Å²) in [5.74, 6) is 0.639. The van der Waals surface area contributed by atoms with Gasteiger partial charge in [-0.25, -0.2) is 4.98 Å². The number of nitrogens with one attached hydrogen (secondary N) is 2. The van der Waals surface area contributed by atoms with Crippen molar-refractivity contribution in [2.45, 2.75) is 20.3 Å². The molecule has 3 heterocycles. The summed E-state index contributed by atoms with van der Waals surface area (Å²) < 4.78 is 6.71. The SMILES string of the molecule is Cc1occc1C(=O)Nc1nc(CC(=O)Nc2cccc(-n3nnnc3C)c2)cs1. The van der Waals surface area contributed by atoms with Crippen molar-refractivity contribution < 1.29 is 14.0 Å². The molecule has 10 nitrogen and oxygen atoms in total. The largest absolute Gasteiger partial charge is 0.469 e. The highest BCUT2D eigenvalue weighted by molar-refractivity contribution is 7.14. The Morgan fingerprint density at radius 1 is 1.20 bits per heavy atom. The summed E-state index contributed by atoms with van der Waals surface area (Å²) in [5, 5.41) is 19.1. The van der Waals surface area contributed by atoms with Crippen LogP contribution >= 0.6 is 11.3 Å². The number of nitrogens with zero attached hydrogens (tertiary/aromatic N) is 5. The zero-order valence-electron chi connectivity index (χ0n) is 16.1. The molecule has 0 radical (unpaired) electrons. The molecule has 3 aromatic heterocycles. The summed E-state index contributed by atoms with van der Waals surface area (Å²) in [6, 6.07) is 8.80. The van der Waals surface area contributed by atoms with Crippen LogP contribution in [0.15, 0.2) is 46.4 Å². The number of thiazole rings is 1. The first-order chi connectivity index (χ1) is 14.5. The van der Waals surface area contributed by atoms with E-state index < -0.39 is 0 Å². The third kappa shape index (κ3) is 4.25. The third-order valence-electron chi connectivity index (χ3n) is 4.22. The minimum Gasteiger partial charge on any atom is -0.469 e. The summed E-state index contributed by atoms with van der Waals surface area (Å²) in [7, 11) is 0. The van der Waals surface area contributed by atoms with Crippen LogP contribution < -0.4 is 10.6 Å². The minimum absolute atomic E-state index is 0.0746. The molecule has 2 N–H and O–H groups in total. The molecule has 0 atom stereocenters. The van der Waals surface area contributed by atoms with Crippen LogP contribution in [-0.2, 0) is 11.2 Å². The summed E-state index contributed by atoms with van der Waals surface area (Å²) in [6.45, 7) is 3.50. The van der Waals surface area contributed by atoms with Crippen LogP contribution in [0.3, 0.4) is 0 Å². The van der Waals surface area contributed by atoms with Gasteiger partial charge >= 0.3 is 0 Å². The quantitative estimate of drug-likeness (QED) is 0.488. The van der Waals surface area contributed by atoms with Gasteiger partial charge in [-0.1, -0.05) is 6.07 Å². The Balaban J connectivity index is 1.38. The fourth-order valence-corrected chi connectivity index (χ4v) is 3.49. The molecule has 0 aliphatic carbocycles. The van der Waals surface area contributed by atoms with Gasteiger partial charge in [0.2, 0.25) is 5.91 Å². The van der Waals surface area contributed by atoms with Crippen LogP contribution in [-0.4, -0.2) is 37.0 Å². The zero-order valence-corrected chi connectivity index (χ0v) is 16.9.